The number of ether oxygens (including phenoxy) is 1. The summed E-state index contributed by atoms with van der Waals surface area (Å²) in [6.45, 7) is 1.84. The molecule has 1 fully saturated rings. The number of benzene rings is 1. The van der Waals surface area contributed by atoms with Gasteiger partial charge in [-0.05, 0) is 31.9 Å². The number of amides is 2. The van der Waals surface area contributed by atoms with Crippen LogP contribution in [-0.4, -0.2) is 40.9 Å². The average Bonchev–Trinajstić information content (AvgIpc) is 3.10. The van der Waals surface area contributed by atoms with Crippen LogP contribution < -0.4 is 10.1 Å². The topological polar surface area (TPSA) is 71.5 Å². The highest BCUT2D eigenvalue weighted by atomic mass is 32.1. The van der Waals surface area contributed by atoms with E-state index in [9.17, 15) is 9.59 Å². The molecule has 6 nitrogen and oxygen atoms in total. The van der Waals surface area contributed by atoms with Crippen molar-refractivity contribution in [2.24, 2.45) is 0 Å². The third-order valence-corrected chi connectivity index (χ3v) is 5.50. The molecule has 1 saturated carbocycles. The fourth-order valence-electron chi connectivity index (χ4n) is 3.28. The lowest BCUT2D eigenvalue weighted by Gasteiger charge is -2.33. The molecule has 144 valence electrons. The van der Waals surface area contributed by atoms with Crippen LogP contribution >= 0.6 is 11.3 Å². The molecule has 1 aliphatic rings. The molecular weight excluding hydrogens is 362 g/mol. The van der Waals surface area contributed by atoms with E-state index in [2.05, 4.69) is 10.3 Å². The number of rotatable bonds is 7. The zero-order chi connectivity index (χ0) is 19.1. The number of aromatic nitrogens is 1. The van der Waals surface area contributed by atoms with E-state index in [0.29, 0.717) is 10.9 Å². The number of para-hydroxylation sites is 1. The van der Waals surface area contributed by atoms with Crippen LogP contribution in [0, 0.1) is 6.92 Å². The smallest absolute Gasteiger partial charge is 0.261 e. The van der Waals surface area contributed by atoms with Gasteiger partial charge >= 0.3 is 0 Å². The maximum atomic E-state index is 12.8. The second-order valence-corrected chi connectivity index (χ2v) is 7.62. The summed E-state index contributed by atoms with van der Waals surface area (Å²) in [7, 11) is 0. The van der Waals surface area contributed by atoms with Crippen LogP contribution in [-0.2, 0) is 9.59 Å². The van der Waals surface area contributed by atoms with Crippen LogP contribution in [0.1, 0.15) is 37.8 Å². The van der Waals surface area contributed by atoms with Crippen molar-refractivity contribution in [3.63, 3.8) is 0 Å². The van der Waals surface area contributed by atoms with Crippen molar-refractivity contribution in [3.05, 3.63) is 41.4 Å². The highest BCUT2D eigenvalue weighted by molar-refractivity contribution is 7.13. The summed E-state index contributed by atoms with van der Waals surface area (Å²) in [5.74, 6) is 0.274. The monoisotopic (exact) mass is 387 g/mol. The second kappa shape index (κ2) is 9.50. The molecule has 7 heteroatoms. The van der Waals surface area contributed by atoms with Crippen LogP contribution in [0.25, 0.3) is 0 Å². The van der Waals surface area contributed by atoms with E-state index in [1.54, 1.807) is 4.90 Å². The molecule has 1 heterocycles. The third-order valence-electron chi connectivity index (χ3n) is 4.62. The van der Waals surface area contributed by atoms with E-state index in [4.69, 9.17) is 4.74 Å². The average molecular weight is 388 g/mol. The van der Waals surface area contributed by atoms with Gasteiger partial charge in [0.15, 0.2) is 11.7 Å². The summed E-state index contributed by atoms with van der Waals surface area (Å²) in [6, 6.07) is 9.35. The van der Waals surface area contributed by atoms with Gasteiger partial charge in [0, 0.05) is 11.4 Å². The zero-order valence-corrected chi connectivity index (χ0v) is 16.3. The first-order chi connectivity index (χ1) is 13.1. The Bertz CT molecular complexity index is 757. The van der Waals surface area contributed by atoms with Gasteiger partial charge in [-0.3, -0.25) is 9.59 Å². The van der Waals surface area contributed by atoms with E-state index in [0.717, 1.165) is 31.4 Å². The van der Waals surface area contributed by atoms with Gasteiger partial charge in [-0.15, -0.1) is 11.3 Å². The van der Waals surface area contributed by atoms with E-state index in [-0.39, 0.29) is 31.0 Å². The summed E-state index contributed by atoms with van der Waals surface area (Å²) < 4.78 is 5.61. The molecule has 3 rings (SSSR count). The molecule has 1 N–H and O–H groups in total. The van der Waals surface area contributed by atoms with Gasteiger partial charge in [-0.2, -0.15) is 0 Å². The Morgan fingerprint density at radius 1 is 1.22 bits per heavy atom. The lowest BCUT2D eigenvalue weighted by atomic mass is 9.94. The lowest BCUT2D eigenvalue weighted by molar-refractivity contribution is -0.139. The first-order valence-corrected chi connectivity index (χ1v) is 10.2. The van der Waals surface area contributed by atoms with Gasteiger partial charge in [0.2, 0.25) is 5.91 Å². The lowest BCUT2D eigenvalue weighted by Crippen LogP contribution is -2.47. The standard InChI is InChI=1S/C20H25N3O3S/c1-15-14-27-20(21-15)22-18(24)12-23(16-8-4-2-5-9-16)19(25)13-26-17-10-6-3-7-11-17/h3,6-7,10-11,14,16H,2,4-5,8-9,12-13H2,1H3,(H,21,22,24). The minimum Gasteiger partial charge on any atom is -0.484 e. The predicted octanol–water partition coefficient (Wildman–Crippen LogP) is 3.63. The number of nitrogens with zero attached hydrogens (tertiary/aromatic N) is 2. The van der Waals surface area contributed by atoms with Gasteiger partial charge in [0.25, 0.3) is 5.91 Å². The highest BCUT2D eigenvalue weighted by Gasteiger charge is 2.27. The minimum absolute atomic E-state index is 0.0281. The summed E-state index contributed by atoms with van der Waals surface area (Å²) in [4.78, 5) is 31.2. The number of carbonyl (C=O) groups excluding carboxylic acids is 2. The largest absolute Gasteiger partial charge is 0.484 e. The summed E-state index contributed by atoms with van der Waals surface area (Å²) >= 11 is 1.39. The zero-order valence-electron chi connectivity index (χ0n) is 15.5. The van der Waals surface area contributed by atoms with Gasteiger partial charge in [-0.1, -0.05) is 37.5 Å². The normalized spacial score (nSPS) is 14.6. The van der Waals surface area contributed by atoms with Crippen LogP contribution in [0.5, 0.6) is 5.75 Å². The van der Waals surface area contributed by atoms with E-state index in [1.807, 2.05) is 42.6 Å². The Kier molecular flexibility index (Phi) is 6.81. The molecule has 0 bridgehead atoms. The first-order valence-electron chi connectivity index (χ1n) is 9.31. The summed E-state index contributed by atoms with van der Waals surface area (Å²) in [5, 5.41) is 5.24. The molecule has 0 spiro atoms. The molecule has 0 atom stereocenters. The van der Waals surface area contributed by atoms with Crippen LogP contribution in [0.3, 0.4) is 0 Å². The SMILES string of the molecule is Cc1csc(NC(=O)CN(C(=O)COc2ccccc2)C2CCCCC2)n1. The maximum absolute atomic E-state index is 12.8. The Morgan fingerprint density at radius 3 is 2.63 bits per heavy atom. The van der Waals surface area contributed by atoms with Gasteiger partial charge in [0.1, 0.15) is 12.3 Å². The molecule has 27 heavy (non-hydrogen) atoms. The molecule has 2 aromatic rings. The van der Waals surface area contributed by atoms with E-state index < -0.39 is 0 Å². The maximum Gasteiger partial charge on any atom is 0.261 e. The summed E-state index contributed by atoms with van der Waals surface area (Å²) in [6.07, 6.45) is 5.22. The second-order valence-electron chi connectivity index (χ2n) is 6.76. The Labute approximate surface area is 163 Å². The van der Waals surface area contributed by atoms with Gasteiger partial charge in [0.05, 0.1) is 5.69 Å². The van der Waals surface area contributed by atoms with Crippen molar-refractivity contribution < 1.29 is 14.3 Å². The molecular formula is C20H25N3O3S. The molecule has 0 radical (unpaired) electrons. The highest BCUT2D eigenvalue weighted by Crippen LogP contribution is 2.23. The van der Waals surface area contributed by atoms with Crippen molar-refractivity contribution in [1.82, 2.24) is 9.88 Å². The third kappa shape index (κ3) is 5.79. The van der Waals surface area contributed by atoms with Gasteiger partial charge < -0.3 is 15.0 Å². The number of aryl methyl sites for hydroxylation is 1. The van der Waals surface area contributed by atoms with Crippen molar-refractivity contribution >= 4 is 28.3 Å². The fourth-order valence-corrected chi connectivity index (χ4v) is 3.99. The number of anilines is 1. The van der Waals surface area contributed by atoms with Crippen LogP contribution in [0.15, 0.2) is 35.7 Å². The molecule has 1 aromatic heterocycles. The van der Waals surface area contributed by atoms with Crippen LogP contribution in [0.2, 0.25) is 0 Å². The Balaban J connectivity index is 1.62. The number of thiazole rings is 1. The Morgan fingerprint density at radius 2 is 1.96 bits per heavy atom. The van der Waals surface area contributed by atoms with Crippen molar-refractivity contribution in [2.75, 3.05) is 18.5 Å². The molecule has 0 unspecified atom stereocenters. The predicted molar refractivity (Wildman–Crippen MR) is 106 cm³/mol. The molecule has 1 aliphatic carbocycles. The van der Waals surface area contributed by atoms with E-state index in [1.165, 1.54) is 17.8 Å². The Hall–Kier alpha value is -2.41. The number of carbonyl (C=O) groups is 2. The summed E-state index contributed by atoms with van der Waals surface area (Å²) in [5.41, 5.74) is 0.867. The van der Waals surface area contributed by atoms with Crippen molar-refractivity contribution in [3.8, 4) is 5.75 Å². The van der Waals surface area contributed by atoms with Crippen molar-refractivity contribution in [2.45, 2.75) is 45.1 Å². The number of hydrogen-bond acceptors (Lipinski definition) is 5. The van der Waals surface area contributed by atoms with E-state index >= 15 is 0 Å². The first kappa shape index (κ1) is 19.4. The molecule has 2 amide bonds. The number of nitrogens with one attached hydrogen (secondary N) is 1. The van der Waals surface area contributed by atoms with Crippen LogP contribution in [0.4, 0.5) is 5.13 Å². The number of hydrogen-bond donors (Lipinski definition) is 1. The fraction of sp³-hybridized carbons (Fsp3) is 0.450. The van der Waals surface area contributed by atoms with Gasteiger partial charge in [-0.25, -0.2) is 4.98 Å². The van der Waals surface area contributed by atoms with Crippen molar-refractivity contribution in [1.29, 1.82) is 0 Å². The quantitative estimate of drug-likeness (QED) is 0.787. The minimum atomic E-state index is -0.219. The molecule has 0 saturated heterocycles. The molecule has 0 aliphatic heterocycles. The molecule has 1 aromatic carbocycles.